The molecule has 2 atom stereocenters. The molecule has 9 heteroatoms. The van der Waals surface area contributed by atoms with E-state index in [9.17, 15) is 19.5 Å². The van der Waals surface area contributed by atoms with Crippen LogP contribution in [0.5, 0.6) is 0 Å². The third-order valence-corrected chi connectivity index (χ3v) is 15.6. The van der Waals surface area contributed by atoms with Gasteiger partial charge in [0.05, 0.1) is 40.3 Å². The Labute approximate surface area is 502 Å². The van der Waals surface area contributed by atoms with Gasteiger partial charge in [0.2, 0.25) is 0 Å². The highest BCUT2D eigenvalue weighted by Gasteiger charge is 2.22. The summed E-state index contributed by atoms with van der Waals surface area (Å²) in [7, 11) is 5.92. The number of hydrogen-bond acceptors (Lipinski definition) is 8. The summed E-state index contributed by atoms with van der Waals surface area (Å²) in [6.07, 6.45) is 78.1. The van der Waals surface area contributed by atoms with E-state index in [0.29, 0.717) is 23.9 Å². The van der Waals surface area contributed by atoms with Gasteiger partial charge in [0.15, 0.2) is 12.4 Å². The fourth-order valence-corrected chi connectivity index (χ4v) is 10.3. The zero-order valence-electron chi connectivity index (χ0n) is 54.2. The minimum Gasteiger partial charge on any atom is -0.545 e. The van der Waals surface area contributed by atoms with E-state index in [-0.39, 0.29) is 32.2 Å². The van der Waals surface area contributed by atoms with Gasteiger partial charge < -0.3 is 33.3 Å². The first-order chi connectivity index (χ1) is 39.6. The summed E-state index contributed by atoms with van der Waals surface area (Å²) in [6, 6.07) is 0. The second-order valence-corrected chi connectivity index (χ2v) is 24.8. The number of carbonyl (C=O) groups excluding carboxylic acids is 3. The molecule has 0 aromatic carbocycles. The van der Waals surface area contributed by atoms with Crippen molar-refractivity contribution < 1.29 is 42.9 Å². The van der Waals surface area contributed by atoms with Crippen LogP contribution in [-0.4, -0.2) is 82.3 Å². The molecule has 0 rings (SSSR count). The van der Waals surface area contributed by atoms with Gasteiger partial charge in [-0.25, -0.2) is 0 Å². The first kappa shape index (κ1) is 78.2. The lowest BCUT2D eigenvalue weighted by Crippen LogP contribution is -2.44. The van der Waals surface area contributed by atoms with Gasteiger partial charge in [0, 0.05) is 12.8 Å². The molecule has 474 valence electrons. The predicted octanol–water partition coefficient (Wildman–Crippen LogP) is 20.0. The Balaban J connectivity index is 3.88. The number of esters is 2. The van der Waals surface area contributed by atoms with Crippen LogP contribution < -0.4 is 5.11 Å². The third-order valence-electron chi connectivity index (χ3n) is 15.6. The maximum Gasteiger partial charge on any atom is 0.306 e. The summed E-state index contributed by atoms with van der Waals surface area (Å²) in [4.78, 5) is 37.3. The van der Waals surface area contributed by atoms with Gasteiger partial charge in [-0.2, -0.15) is 0 Å². The van der Waals surface area contributed by atoms with Crippen LogP contribution in [0.3, 0.4) is 0 Å². The summed E-state index contributed by atoms with van der Waals surface area (Å²) < 4.78 is 22.7. The molecule has 0 aliphatic carbocycles. The van der Waals surface area contributed by atoms with Crippen LogP contribution in [0.1, 0.15) is 335 Å². The Morgan fingerprint density at radius 2 is 0.704 bits per heavy atom. The Kier molecular flexibility index (Phi) is 61.1. The van der Waals surface area contributed by atoms with Crippen molar-refractivity contribution >= 4 is 17.9 Å². The lowest BCUT2D eigenvalue weighted by atomic mass is 10.0. The Hall–Kier alpha value is -2.75. The molecule has 0 N–H and O–H groups in total. The van der Waals surface area contributed by atoms with E-state index in [0.717, 1.165) is 70.6 Å². The van der Waals surface area contributed by atoms with Gasteiger partial charge in [-0.15, -0.1) is 0 Å². The van der Waals surface area contributed by atoms with Gasteiger partial charge in [-0.1, -0.05) is 300 Å². The van der Waals surface area contributed by atoms with Crippen molar-refractivity contribution in [2.24, 2.45) is 0 Å². The second kappa shape index (κ2) is 63.3. The number of likely N-dealkylation sites (N-methyl/N-ethyl adjacent to an activating group) is 1. The van der Waals surface area contributed by atoms with E-state index >= 15 is 0 Å². The Morgan fingerprint density at radius 3 is 1.06 bits per heavy atom. The lowest BCUT2D eigenvalue weighted by Gasteiger charge is -2.26. The van der Waals surface area contributed by atoms with Crippen molar-refractivity contribution in [3.05, 3.63) is 48.6 Å². The summed E-state index contributed by atoms with van der Waals surface area (Å²) in [5.41, 5.74) is 0. The summed E-state index contributed by atoms with van der Waals surface area (Å²) in [5, 5.41) is 11.8. The second-order valence-electron chi connectivity index (χ2n) is 24.8. The molecule has 81 heavy (non-hydrogen) atoms. The molecule has 0 aromatic rings. The average Bonchev–Trinajstić information content (AvgIpc) is 3.44. The van der Waals surface area contributed by atoms with Crippen molar-refractivity contribution in [3.63, 3.8) is 0 Å². The molecule has 0 aliphatic heterocycles. The highest BCUT2D eigenvalue weighted by molar-refractivity contribution is 5.70. The monoisotopic (exact) mass is 1140 g/mol. The zero-order chi connectivity index (χ0) is 59.1. The lowest BCUT2D eigenvalue weighted by molar-refractivity contribution is -0.870. The van der Waals surface area contributed by atoms with Gasteiger partial charge >= 0.3 is 11.9 Å². The van der Waals surface area contributed by atoms with Gasteiger partial charge in [0.25, 0.3) is 0 Å². The van der Waals surface area contributed by atoms with E-state index in [1.807, 2.05) is 21.1 Å². The van der Waals surface area contributed by atoms with E-state index in [2.05, 4.69) is 62.5 Å². The van der Waals surface area contributed by atoms with E-state index in [1.54, 1.807) is 0 Å². The number of rotatable bonds is 65. The smallest absolute Gasteiger partial charge is 0.306 e. The molecule has 0 spiro atoms. The number of allylic oxidation sites excluding steroid dienone is 8. The molecule has 0 radical (unpaired) electrons. The maximum atomic E-state index is 12.8. The van der Waals surface area contributed by atoms with Crippen molar-refractivity contribution in [3.8, 4) is 0 Å². The minimum atomic E-state index is -1.63. The number of carboxylic acids is 1. The van der Waals surface area contributed by atoms with Crippen LogP contribution in [0.4, 0.5) is 0 Å². The molecule has 0 aromatic heterocycles. The molecule has 0 saturated carbocycles. The van der Waals surface area contributed by atoms with Crippen LogP contribution in [0, 0.1) is 0 Å². The minimum absolute atomic E-state index is 0.144. The van der Waals surface area contributed by atoms with Crippen LogP contribution in [0.2, 0.25) is 0 Å². The zero-order valence-corrected chi connectivity index (χ0v) is 54.2. The molecule has 2 unspecified atom stereocenters. The fraction of sp³-hybridized carbons (Fsp3) is 0.847. The van der Waals surface area contributed by atoms with Gasteiger partial charge in [-0.05, 0) is 70.6 Å². The fourth-order valence-electron chi connectivity index (χ4n) is 10.3. The van der Waals surface area contributed by atoms with Crippen molar-refractivity contribution in [2.45, 2.75) is 347 Å². The predicted molar refractivity (Wildman–Crippen MR) is 343 cm³/mol. The number of unbranched alkanes of at least 4 members (excludes halogenated alkanes) is 42. The highest BCUT2D eigenvalue weighted by Crippen LogP contribution is 2.18. The van der Waals surface area contributed by atoms with Crippen molar-refractivity contribution in [2.75, 3.05) is 47.5 Å². The maximum absolute atomic E-state index is 12.8. The first-order valence-corrected chi connectivity index (χ1v) is 34.8. The molecule has 0 aliphatic rings. The highest BCUT2D eigenvalue weighted by atomic mass is 16.7. The van der Waals surface area contributed by atoms with Crippen LogP contribution in [0.15, 0.2) is 48.6 Å². The molecule has 0 heterocycles. The van der Waals surface area contributed by atoms with E-state index < -0.39 is 24.3 Å². The molecule has 0 bridgehead atoms. The quantitative estimate of drug-likeness (QED) is 0.0195. The number of quaternary nitrogens is 1. The summed E-state index contributed by atoms with van der Waals surface area (Å²) >= 11 is 0. The van der Waals surface area contributed by atoms with Crippen LogP contribution >= 0.6 is 0 Å². The Morgan fingerprint density at radius 1 is 0.383 bits per heavy atom. The topological polar surface area (TPSA) is 111 Å². The van der Waals surface area contributed by atoms with Crippen LogP contribution in [-0.2, 0) is 33.3 Å². The number of hydrogen-bond donors (Lipinski definition) is 0. The number of carbonyl (C=O) groups is 3. The summed E-state index contributed by atoms with van der Waals surface area (Å²) in [6.45, 7) is 4.65. The number of aliphatic carboxylic acids is 1. The third kappa shape index (κ3) is 64.7. The summed E-state index contributed by atoms with van der Waals surface area (Å²) in [5.74, 6) is -2.29. The van der Waals surface area contributed by atoms with E-state index in [1.165, 1.54) is 231 Å². The SMILES string of the molecule is CC/C=C\C/C=C\C/C=C\CCCCCCCC(=O)OC(COC(=O)CCCCCCCCCCCCCCCCCCCCCCCCCCCCCCC/C=C\CCCCCCCCCC)COC(OCC[N+](C)(C)C)C(=O)[O-]. The van der Waals surface area contributed by atoms with Crippen molar-refractivity contribution in [1.29, 1.82) is 0 Å². The van der Waals surface area contributed by atoms with Gasteiger partial charge in [-0.3, -0.25) is 9.59 Å². The molecule has 0 fully saturated rings. The molecule has 0 saturated heterocycles. The normalized spacial score (nSPS) is 13.0. The van der Waals surface area contributed by atoms with Crippen molar-refractivity contribution in [1.82, 2.24) is 0 Å². The standard InChI is InChI=1S/C72H133NO8/c1-6-8-10-12-14-16-18-20-22-23-24-25-26-27-28-29-30-31-32-33-34-35-36-37-38-39-40-41-42-43-44-45-46-47-49-50-52-54-56-58-60-62-69(74)79-66-68(67-80-72(71(76)77)78-65-64-73(3,4)5)81-70(75)63-61-59-57-55-53-51-48-21-19-17-15-13-11-9-7-2/h9,11,15,17,21,23-24,48,68,72H,6-8,10,12-14,16,18-20,22,25-47,49-67H2,1-5H3/b11-9-,17-15-,24-23-,48-21-. The van der Waals surface area contributed by atoms with Crippen LogP contribution in [0.25, 0.3) is 0 Å². The number of ether oxygens (including phenoxy) is 4. The van der Waals surface area contributed by atoms with Gasteiger partial charge in [0.1, 0.15) is 13.2 Å². The first-order valence-electron chi connectivity index (χ1n) is 34.8. The number of carboxylic acid groups (broad SMARTS) is 1. The average molecular weight is 1140 g/mol. The molecular weight excluding hydrogens is 1010 g/mol. The molecule has 9 nitrogen and oxygen atoms in total. The van der Waals surface area contributed by atoms with E-state index in [4.69, 9.17) is 18.9 Å². The molecule has 0 amide bonds. The molecular formula is C72H133NO8. The largest absolute Gasteiger partial charge is 0.545 e. The Bertz CT molecular complexity index is 1470. The number of nitrogens with zero attached hydrogens (tertiary/aromatic N) is 1.